The number of carbonyl (C=O) groups is 2. The van der Waals surface area contributed by atoms with Crippen LogP contribution in [0.3, 0.4) is 0 Å². The number of thiazole rings is 1. The van der Waals surface area contributed by atoms with E-state index >= 15 is 0 Å². The average molecular weight is 614 g/mol. The highest BCUT2D eigenvalue weighted by atomic mass is 35.5. The van der Waals surface area contributed by atoms with Crippen molar-refractivity contribution in [3.63, 3.8) is 0 Å². The quantitative estimate of drug-likeness (QED) is 0.409. The molecule has 3 aromatic rings. The van der Waals surface area contributed by atoms with Gasteiger partial charge in [0.25, 0.3) is 5.56 Å². The Bertz CT molecular complexity index is 1680. The molecular weight excluding hydrogens is 594 g/mol. The third-order valence-electron chi connectivity index (χ3n) is 5.66. The average Bonchev–Trinajstić information content (AvgIpc) is 3.17. The molecule has 0 saturated heterocycles. The molecule has 198 valence electrons. The minimum absolute atomic E-state index is 0.0114. The summed E-state index contributed by atoms with van der Waals surface area (Å²) in [5.74, 6) is -2.84. The maximum absolute atomic E-state index is 13.6. The number of ether oxygens (including phenoxy) is 2. The van der Waals surface area contributed by atoms with E-state index in [1.54, 1.807) is 50.3 Å². The summed E-state index contributed by atoms with van der Waals surface area (Å²) in [6.07, 6.45) is 1.56. The molecule has 0 saturated carbocycles. The van der Waals surface area contributed by atoms with Crippen molar-refractivity contribution < 1.29 is 19.1 Å². The molecule has 0 fully saturated rings. The zero-order valence-corrected chi connectivity index (χ0v) is 23.9. The molecule has 12 heteroatoms. The largest absolute Gasteiger partial charge is 0.463 e. The van der Waals surface area contributed by atoms with Crippen LogP contribution in [0, 0.1) is 0 Å². The van der Waals surface area contributed by atoms with Crippen LogP contribution in [0.1, 0.15) is 30.9 Å². The molecule has 1 aliphatic heterocycles. The van der Waals surface area contributed by atoms with Gasteiger partial charge in [0.15, 0.2) is 0 Å². The van der Waals surface area contributed by atoms with E-state index in [4.69, 9.17) is 61.6 Å². The van der Waals surface area contributed by atoms with Gasteiger partial charge in [-0.05, 0) is 55.3 Å². The summed E-state index contributed by atoms with van der Waals surface area (Å²) in [4.78, 5) is 40.3. The first kappa shape index (κ1) is 28.3. The summed E-state index contributed by atoms with van der Waals surface area (Å²) in [5.41, 5.74) is 6.70. The first-order valence-electron chi connectivity index (χ1n) is 11.3. The lowest BCUT2D eigenvalue weighted by molar-refractivity contribution is -0.138. The van der Waals surface area contributed by atoms with Gasteiger partial charge in [-0.2, -0.15) is 0 Å². The Morgan fingerprint density at radius 1 is 0.947 bits per heavy atom. The van der Waals surface area contributed by atoms with Crippen LogP contribution >= 0.6 is 57.7 Å². The van der Waals surface area contributed by atoms with E-state index in [1.807, 2.05) is 0 Å². The van der Waals surface area contributed by atoms with Crippen molar-refractivity contribution in [2.75, 3.05) is 13.2 Å². The Kier molecular flexibility index (Phi) is 8.59. The topological polar surface area (TPSA) is 101 Å². The van der Waals surface area contributed by atoms with Crippen LogP contribution < -0.4 is 20.5 Å². The number of benzene rings is 2. The van der Waals surface area contributed by atoms with Crippen molar-refractivity contribution in [2.45, 2.75) is 19.8 Å². The summed E-state index contributed by atoms with van der Waals surface area (Å²) in [6, 6.07) is 9.47. The van der Waals surface area contributed by atoms with E-state index in [0.717, 1.165) is 15.9 Å². The first-order chi connectivity index (χ1) is 18.1. The zero-order chi connectivity index (χ0) is 27.7. The monoisotopic (exact) mass is 612 g/mol. The van der Waals surface area contributed by atoms with Gasteiger partial charge in [-0.25, -0.2) is 9.59 Å². The van der Waals surface area contributed by atoms with Crippen molar-refractivity contribution in [1.82, 2.24) is 4.57 Å². The number of hydrogen-bond donors (Lipinski definition) is 1. The van der Waals surface area contributed by atoms with E-state index in [1.165, 1.54) is 6.07 Å². The van der Waals surface area contributed by atoms with Gasteiger partial charge >= 0.3 is 11.9 Å². The van der Waals surface area contributed by atoms with Gasteiger partial charge in [0.1, 0.15) is 10.5 Å². The van der Waals surface area contributed by atoms with Crippen molar-refractivity contribution >= 4 is 87.1 Å². The van der Waals surface area contributed by atoms with Gasteiger partial charge in [-0.3, -0.25) is 9.36 Å². The van der Waals surface area contributed by atoms with Crippen molar-refractivity contribution in [1.29, 1.82) is 0 Å². The SMILES string of the molecule is CCOC(=O)C1=C(N)n2c(s/c(=C\c3ccc(Cl)cc3Cl)c2=O)=C(C(=O)OCC)[C@H]1c1ccc(Cl)cc1Cl. The van der Waals surface area contributed by atoms with Crippen molar-refractivity contribution in [3.8, 4) is 0 Å². The number of aromatic nitrogens is 1. The fraction of sp³-hybridized carbons (Fsp3) is 0.192. The minimum atomic E-state index is -1.09. The third-order valence-corrected chi connectivity index (χ3v) is 7.89. The summed E-state index contributed by atoms with van der Waals surface area (Å²) < 4.78 is 12.1. The van der Waals surface area contributed by atoms with E-state index in [9.17, 15) is 14.4 Å². The van der Waals surface area contributed by atoms with Gasteiger partial charge < -0.3 is 15.2 Å². The number of carbonyl (C=O) groups excluding carboxylic acids is 2. The summed E-state index contributed by atoms with van der Waals surface area (Å²) in [7, 11) is 0. The minimum Gasteiger partial charge on any atom is -0.463 e. The normalized spacial score (nSPS) is 15.5. The van der Waals surface area contributed by atoms with E-state index < -0.39 is 23.4 Å². The van der Waals surface area contributed by atoms with E-state index in [0.29, 0.717) is 26.2 Å². The fourth-order valence-electron chi connectivity index (χ4n) is 4.07. The Morgan fingerprint density at radius 2 is 1.53 bits per heavy atom. The third kappa shape index (κ3) is 5.24. The Labute approximate surface area is 241 Å². The molecule has 0 spiro atoms. The number of rotatable bonds is 6. The maximum Gasteiger partial charge on any atom is 0.338 e. The first-order valence-corrected chi connectivity index (χ1v) is 13.6. The number of fused-ring (bicyclic) bond motifs is 1. The second kappa shape index (κ2) is 11.6. The number of hydrogen-bond acceptors (Lipinski definition) is 7. The Balaban J connectivity index is 2.15. The molecule has 7 nitrogen and oxygen atoms in total. The van der Waals surface area contributed by atoms with Crippen LogP contribution in [-0.2, 0) is 19.1 Å². The highest BCUT2D eigenvalue weighted by Crippen LogP contribution is 2.41. The maximum atomic E-state index is 13.6. The molecule has 2 heterocycles. The molecule has 0 radical (unpaired) electrons. The van der Waals surface area contributed by atoms with Gasteiger partial charge in [0.2, 0.25) is 0 Å². The van der Waals surface area contributed by atoms with Crippen LogP contribution in [0.15, 0.2) is 46.8 Å². The lowest BCUT2D eigenvalue weighted by Crippen LogP contribution is -2.42. The van der Waals surface area contributed by atoms with Gasteiger partial charge in [-0.15, -0.1) is 11.3 Å². The van der Waals surface area contributed by atoms with E-state index in [2.05, 4.69) is 0 Å². The van der Waals surface area contributed by atoms with E-state index in [-0.39, 0.29) is 44.4 Å². The Morgan fingerprint density at radius 3 is 2.11 bits per heavy atom. The van der Waals surface area contributed by atoms with Crippen molar-refractivity contribution in [3.05, 3.63) is 92.7 Å². The molecule has 1 atom stereocenters. The van der Waals surface area contributed by atoms with Gasteiger partial charge in [-0.1, -0.05) is 58.5 Å². The fourth-order valence-corrected chi connectivity index (χ4v) is 6.21. The summed E-state index contributed by atoms with van der Waals surface area (Å²) in [6.45, 7) is 3.35. The number of halogens is 4. The Hall–Kier alpha value is -2.75. The smallest absolute Gasteiger partial charge is 0.338 e. The lowest BCUT2D eigenvalue weighted by atomic mass is 9.83. The second-order valence-corrected chi connectivity index (χ2v) is 10.7. The molecule has 0 unspecified atom stereocenters. The molecule has 0 aliphatic carbocycles. The summed E-state index contributed by atoms with van der Waals surface area (Å²) in [5, 5.41) is 1.29. The molecule has 4 rings (SSSR count). The summed E-state index contributed by atoms with van der Waals surface area (Å²) >= 11 is 26.0. The van der Waals surface area contributed by atoms with Crippen LogP contribution in [-0.4, -0.2) is 29.7 Å². The van der Waals surface area contributed by atoms with Crippen LogP contribution in [0.4, 0.5) is 0 Å². The predicted molar refractivity (Wildman–Crippen MR) is 151 cm³/mol. The molecule has 2 N–H and O–H groups in total. The van der Waals surface area contributed by atoms with Crippen LogP contribution in [0.2, 0.25) is 20.1 Å². The van der Waals surface area contributed by atoms with Crippen LogP contribution in [0.25, 0.3) is 17.5 Å². The molecule has 38 heavy (non-hydrogen) atoms. The molecule has 0 amide bonds. The molecule has 1 aromatic heterocycles. The standard InChI is InChI=1S/C26H20Cl4N2O5S/c1-3-36-25(34)20-19(15-8-7-14(28)11-17(15)30)21(26(35)37-4-2)24-32(22(20)31)23(33)18(38-24)9-12-5-6-13(27)10-16(12)29/h5-11,19H,3-4,31H2,1-2H3/b18-9-/t19-/m0/s1. The van der Waals surface area contributed by atoms with Crippen molar-refractivity contribution in [2.24, 2.45) is 5.73 Å². The number of nitrogens with two attached hydrogens (primary N) is 1. The molecular formula is C26H20Cl4N2O5S. The number of esters is 2. The second-order valence-electron chi connectivity index (χ2n) is 7.97. The highest BCUT2D eigenvalue weighted by molar-refractivity contribution is 7.07. The van der Waals surface area contributed by atoms with Gasteiger partial charge in [0, 0.05) is 20.1 Å². The molecule has 2 aromatic carbocycles. The lowest BCUT2D eigenvalue weighted by Gasteiger charge is -2.27. The molecule has 1 aliphatic rings. The zero-order valence-electron chi connectivity index (χ0n) is 20.0. The number of nitrogens with zero attached hydrogens (tertiary/aromatic N) is 1. The predicted octanol–water partition coefficient (Wildman–Crippen LogP) is 4.55. The molecule has 0 bridgehead atoms. The van der Waals surface area contributed by atoms with Crippen LogP contribution in [0.5, 0.6) is 0 Å². The van der Waals surface area contributed by atoms with Gasteiger partial charge in [0.05, 0.1) is 34.8 Å². The highest BCUT2D eigenvalue weighted by Gasteiger charge is 2.40.